The normalized spacial score (nSPS) is 18.4. The first kappa shape index (κ1) is 17.5. The van der Waals surface area contributed by atoms with Crippen LogP contribution in [0.4, 0.5) is 0 Å². The van der Waals surface area contributed by atoms with Crippen LogP contribution in [-0.2, 0) is 11.2 Å². The van der Waals surface area contributed by atoms with E-state index in [-0.39, 0.29) is 11.3 Å². The minimum absolute atomic E-state index is 0.0300. The van der Waals surface area contributed by atoms with Gasteiger partial charge in [0.05, 0.1) is 18.1 Å². The van der Waals surface area contributed by atoms with Crippen molar-refractivity contribution in [2.75, 3.05) is 7.11 Å². The van der Waals surface area contributed by atoms with Crippen LogP contribution in [0.25, 0.3) is 11.0 Å². The van der Waals surface area contributed by atoms with Gasteiger partial charge in [-0.15, -0.1) is 0 Å². The average molecular weight is 362 g/mol. The van der Waals surface area contributed by atoms with Gasteiger partial charge in [-0.3, -0.25) is 4.79 Å². The number of methoxy groups -OCH3 is 1. The van der Waals surface area contributed by atoms with Crippen molar-refractivity contribution in [3.63, 3.8) is 0 Å². The van der Waals surface area contributed by atoms with Crippen LogP contribution in [0.15, 0.2) is 57.7 Å². The monoisotopic (exact) mass is 362 g/mol. The smallest absolute Gasteiger partial charge is 0.337 e. The second-order valence-electron chi connectivity index (χ2n) is 7.09. The van der Waals surface area contributed by atoms with Gasteiger partial charge in [-0.25, -0.2) is 4.79 Å². The third kappa shape index (κ3) is 3.16. The number of ether oxygens (including phenoxy) is 1. The highest BCUT2D eigenvalue weighted by molar-refractivity contribution is 5.94. The van der Waals surface area contributed by atoms with E-state index in [1.54, 1.807) is 18.2 Å². The van der Waals surface area contributed by atoms with Gasteiger partial charge in [0, 0.05) is 11.5 Å². The van der Waals surface area contributed by atoms with E-state index in [2.05, 4.69) is 19.1 Å². The summed E-state index contributed by atoms with van der Waals surface area (Å²) in [6, 6.07) is 15.3. The molecule has 0 N–H and O–H groups in total. The van der Waals surface area contributed by atoms with Crippen LogP contribution in [0, 0.1) is 0 Å². The van der Waals surface area contributed by atoms with Gasteiger partial charge in [0.2, 0.25) is 0 Å². The molecule has 0 saturated heterocycles. The lowest BCUT2D eigenvalue weighted by atomic mass is 10.0. The molecule has 4 heteroatoms. The first-order chi connectivity index (χ1) is 13.1. The van der Waals surface area contributed by atoms with Crippen LogP contribution in [0.2, 0.25) is 0 Å². The van der Waals surface area contributed by atoms with Crippen LogP contribution < -0.4 is 5.43 Å². The van der Waals surface area contributed by atoms with Crippen molar-refractivity contribution in [2.24, 2.45) is 0 Å². The summed E-state index contributed by atoms with van der Waals surface area (Å²) in [5.41, 5.74) is 2.89. The molecule has 1 fully saturated rings. The Balaban J connectivity index is 1.80. The first-order valence-electron chi connectivity index (χ1n) is 9.37. The molecular formula is C23H22O4. The summed E-state index contributed by atoms with van der Waals surface area (Å²) in [6.45, 7) is 2.06. The summed E-state index contributed by atoms with van der Waals surface area (Å²) >= 11 is 0. The standard InChI is InChI=1S/C23H22O4/c1-3-7-16-21(24)19-12-15(23(25)26-2)10-11-20(19)27-22(16)18-13-17(18)14-8-5-4-6-9-14/h4-6,8-12,17-18H,3,7,13H2,1-2H3. The van der Waals surface area contributed by atoms with E-state index < -0.39 is 5.97 Å². The number of fused-ring (bicyclic) bond motifs is 1. The lowest BCUT2D eigenvalue weighted by molar-refractivity contribution is 0.0601. The topological polar surface area (TPSA) is 56.5 Å². The van der Waals surface area contributed by atoms with Crippen LogP contribution in [0.3, 0.4) is 0 Å². The molecule has 0 spiro atoms. The van der Waals surface area contributed by atoms with Gasteiger partial charge in [-0.2, -0.15) is 0 Å². The zero-order chi connectivity index (χ0) is 19.0. The molecule has 2 aromatic carbocycles. The summed E-state index contributed by atoms with van der Waals surface area (Å²) in [5, 5.41) is 0.446. The van der Waals surface area contributed by atoms with Crippen LogP contribution >= 0.6 is 0 Å². The zero-order valence-corrected chi connectivity index (χ0v) is 15.5. The second kappa shape index (κ2) is 7.03. The molecule has 1 saturated carbocycles. The van der Waals surface area contributed by atoms with E-state index in [1.165, 1.54) is 12.7 Å². The van der Waals surface area contributed by atoms with Crippen molar-refractivity contribution < 1.29 is 13.9 Å². The van der Waals surface area contributed by atoms with Gasteiger partial charge in [-0.05, 0) is 42.5 Å². The summed E-state index contributed by atoms with van der Waals surface area (Å²) in [7, 11) is 1.33. The van der Waals surface area contributed by atoms with Crippen molar-refractivity contribution in [1.82, 2.24) is 0 Å². The molecule has 2 unspecified atom stereocenters. The number of rotatable bonds is 5. The Hall–Kier alpha value is -2.88. The summed E-state index contributed by atoms with van der Waals surface area (Å²) in [4.78, 5) is 25.0. The summed E-state index contributed by atoms with van der Waals surface area (Å²) in [6.07, 6.45) is 2.53. The Morgan fingerprint density at radius 2 is 1.93 bits per heavy atom. The SMILES string of the molecule is CCCc1c(C2CC2c2ccccc2)oc2ccc(C(=O)OC)cc2c1=O. The fourth-order valence-electron chi connectivity index (χ4n) is 3.84. The molecule has 1 heterocycles. The highest BCUT2D eigenvalue weighted by Crippen LogP contribution is 2.55. The molecule has 4 nitrogen and oxygen atoms in total. The van der Waals surface area contributed by atoms with E-state index in [9.17, 15) is 9.59 Å². The number of carbonyl (C=O) groups is 1. The maximum absolute atomic E-state index is 13.2. The fourth-order valence-corrected chi connectivity index (χ4v) is 3.84. The number of hydrogen-bond donors (Lipinski definition) is 0. The largest absolute Gasteiger partial charge is 0.465 e. The molecule has 1 aliphatic carbocycles. The number of carbonyl (C=O) groups excluding carboxylic acids is 1. The molecular weight excluding hydrogens is 340 g/mol. The third-order valence-electron chi connectivity index (χ3n) is 5.29. The van der Waals surface area contributed by atoms with Crippen LogP contribution in [-0.4, -0.2) is 13.1 Å². The van der Waals surface area contributed by atoms with Gasteiger partial charge >= 0.3 is 5.97 Å². The number of benzene rings is 2. The number of hydrogen-bond acceptors (Lipinski definition) is 4. The molecule has 27 heavy (non-hydrogen) atoms. The van der Waals surface area contributed by atoms with E-state index in [0.29, 0.717) is 28.9 Å². The Morgan fingerprint density at radius 1 is 1.15 bits per heavy atom. The lowest BCUT2D eigenvalue weighted by Crippen LogP contribution is -2.13. The first-order valence-corrected chi connectivity index (χ1v) is 9.37. The third-order valence-corrected chi connectivity index (χ3v) is 5.29. The summed E-state index contributed by atoms with van der Waals surface area (Å²) in [5.74, 6) is 1.00. The molecule has 0 aliphatic heterocycles. The summed E-state index contributed by atoms with van der Waals surface area (Å²) < 4.78 is 11.0. The zero-order valence-electron chi connectivity index (χ0n) is 15.5. The molecule has 138 valence electrons. The predicted octanol–water partition coefficient (Wildman–Crippen LogP) is 4.80. The maximum Gasteiger partial charge on any atom is 0.337 e. The minimum atomic E-state index is -0.455. The average Bonchev–Trinajstić information content (AvgIpc) is 3.50. The van der Waals surface area contributed by atoms with Gasteiger partial charge in [0.1, 0.15) is 11.3 Å². The quantitative estimate of drug-likeness (QED) is 0.612. The van der Waals surface area contributed by atoms with Crippen molar-refractivity contribution in [3.8, 4) is 0 Å². The van der Waals surface area contributed by atoms with Crippen LogP contribution in [0.5, 0.6) is 0 Å². The van der Waals surface area contributed by atoms with Gasteiger partial charge in [0.25, 0.3) is 0 Å². The lowest BCUT2D eigenvalue weighted by Gasteiger charge is -2.10. The fraction of sp³-hybridized carbons (Fsp3) is 0.304. The molecule has 4 rings (SSSR count). The van der Waals surface area contributed by atoms with E-state index in [1.807, 2.05) is 18.2 Å². The molecule has 3 aromatic rings. The molecule has 1 aromatic heterocycles. The highest BCUT2D eigenvalue weighted by Gasteiger charge is 2.43. The molecule has 1 aliphatic rings. The van der Waals surface area contributed by atoms with Gasteiger partial charge in [0.15, 0.2) is 5.43 Å². The Morgan fingerprint density at radius 3 is 2.63 bits per heavy atom. The van der Waals surface area contributed by atoms with Gasteiger partial charge < -0.3 is 9.15 Å². The van der Waals surface area contributed by atoms with E-state index >= 15 is 0 Å². The van der Waals surface area contributed by atoms with E-state index in [4.69, 9.17) is 9.15 Å². The Labute approximate surface area is 157 Å². The minimum Gasteiger partial charge on any atom is -0.465 e. The molecule has 2 atom stereocenters. The molecule has 0 radical (unpaired) electrons. The van der Waals surface area contributed by atoms with Gasteiger partial charge in [-0.1, -0.05) is 43.7 Å². The highest BCUT2D eigenvalue weighted by atomic mass is 16.5. The van der Waals surface area contributed by atoms with Crippen LogP contribution in [0.1, 0.15) is 58.8 Å². The van der Waals surface area contributed by atoms with Crippen molar-refractivity contribution in [3.05, 3.63) is 81.2 Å². The van der Waals surface area contributed by atoms with Crippen molar-refractivity contribution in [2.45, 2.75) is 38.0 Å². The maximum atomic E-state index is 13.2. The predicted molar refractivity (Wildman–Crippen MR) is 104 cm³/mol. The molecule has 0 bridgehead atoms. The number of esters is 1. The van der Waals surface area contributed by atoms with Crippen molar-refractivity contribution >= 4 is 16.9 Å². The van der Waals surface area contributed by atoms with E-state index in [0.717, 1.165) is 24.2 Å². The second-order valence-corrected chi connectivity index (χ2v) is 7.09. The molecule has 0 amide bonds. The Kier molecular flexibility index (Phi) is 4.56. The van der Waals surface area contributed by atoms with Crippen molar-refractivity contribution in [1.29, 1.82) is 0 Å². The Bertz CT molecular complexity index is 1050.